The topological polar surface area (TPSA) is 89.2 Å². The Morgan fingerprint density at radius 3 is 2.59 bits per heavy atom. The minimum absolute atomic E-state index is 0.222. The first kappa shape index (κ1) is 13.4. The lowest BCUT2D eigenvalue weighted by Gasteiger charge is -2.30. The molecule has 0 bridgehead atoms. The van der Waals surface area contributed by atoms with Crippen LogP contribution in [0.2, 0.25) is 0 Å². The van der Waals surface area contributed by atoms with E-state index >= 15 is 0 Å². The van der Waals surface area contributed by atoms with E-state index in [9.17, 15) is 10.2 Å². The van der Waals surface area contributed by atoms with Crippen molar-refractivity contribution in [2.45, 2.75) is 25.8 Å². The molecular weight excluding hydrogens is 218 g/mol. The summed E-state index contributed by atoms with van der Waals surface area (Å²) in [6, 6.07) is 3.82. The molecule has 5 heteroatoms. The van der Waals surface area contributed by atoms with Gasteiger partial charge in [-0.1, -0.05) is 6.92 Å². The second-order valence-corrected chi connectivity index (χ2v) is 4.04. The van der Waals surface area contributed by atoms with Crippen molar-refractivity contribution in [1.29, 1.82) is 5.26 Å². The van der Waals surface area contributed by atoms with Gasteiger partial charge in [0.1, 0.15) is 11.9 Å². The molecule has 0 amide bonds. The first-order valence-electron chi connectivity index (χ1n) is 5.48. The largest absolute Gasteiger partial charge is 0.394 e. The van der Waals surface area contributed by atoms with E-state index in [0.29, 0.717) is 17.8 Å². The van der Waals surface area contributed by atoms with Crippen molar-refractivity contribution in [3.63, 3.8) is 0 Å². The molecule has 0 aliphatic heterocycles. The molecule has 17 heavy (non-hydrogen) atoms. The van der Waals surface area contributed by atoms with Crippen molar-refractivity contribution < 1.29 is 10.2 Å². The second kappa shape index (κ2) is 5.62. The van der Waals surface area contributed by atoms with Gasteiger partial charge in [-0.2, -0.15) is 5.26 Å². The first-order chi connectivity index (χ1) is 8.12. The molecule has 1 rings (SSSR count). The Bertz CT molecular complexity index is 414. The van der Waals surface area contributed by atoms with E-state index in [1.165, 1.54) is 0 Å². The van der Waals surface area contributed by atoms with Crippen LogP contribution in [0.5, 0.6) is 0 Å². The number of aromatic nitrogens is 1. The number of aliphatic hydroxyl groups is 2. The summed E-state index contributed by atoms with van der Waals surface area (Å²) in [6.45, 7) is 3.22. The van der Waals surface area contributed by atoms with E-state index in [1.54, 1.807) is 12.3 Å². The Balaban J connectivity index is 3.10. The molecule has 0 radical (unpaired) electrons. The van der Waals surface area contributed by atoms with Crippen LogP contribution >= 0.6 is 0 Å². The number of aliphatic hydroxyl groups excluding tert-OH is 2. The number of aryl methyl sites for hydroxylation is 1. The maximum absolute atomic E-state index is 9.34. The number of hydrogen-bond donors (Lipinski definition) is 3. The van der Waals surface area contributed by atoms with E-state index < -0.39 is 5.54 Å². The lowest BCUT2D eigenvalue weighted by atomic mass is 9.98. The van der Waals surface area contributed by atoms with Crippen LogP contribution in [0, 0.1) is 18.3 Å². The van der Waals surface area contributed by atoms with Crippen molar-refractivity contribution in [2.24, 2.45) is 0 Å². The van der Waals surface area contributed by atoms with Gasteiger partial charge < -0.3 is 15.5 Å². The summed E-state index contributed by atoms with van der Waals surface area (Å²) >= 11 is 0. The maximum Gasteiger partial charge on any atom is 0.144 e. The molecule has 92 valence electrons. The van der Waals surface area contributed by atoms with Crippen LogP contribution in [-0.2, 0) is 0 Å². The second-order valence-electron chi connectivity index (χ2n) is 4.04. The van der Waals surface area contributed by atoms with Gasteiger partial charge in [0, 0.05) is 6.20 Å². The molecule has 0 aliphatic rings. The lowest BCUT2D eigenvalue weighted by Crippen LogP contribution is -2.45. The van der Waals surface area contributed by atoms with Crippen molar-refractivity contribution in [3.8, 4) is 6.07 Å². The number of nitrogens with one attached hydrogen (secondary N) is 1. The molecule has 0 unspecified atom stereocenters. The summed E-state index contributed by atoms with van der Waals surface area (Å²) in [4.78, 5) is 4.08. The average Bonchev–Trinajstić information content (AvgIpc) is 2.36. The molecule has 1 heterocycles. The first-order valence-corrected chi connectivity index (χ1v) is 5.48. The lowest BCUT2D eigenvalue weighted by molar-refractivity contribution is 0.132. The summed E-state index contributed by atoms with van der Waals surface area (Å²) < 4.78 is 0. The molecule has 5 nitrogen and oxygen atoms in total. The fourth-order valence-corrected chi connectivity index (χ4v) is 1.49. The van der Waals surface area contributed by atoms with Crippen LogP contribution in [0.25, 0.3) is 0 Å². The zero-order valence-corrected chi connectivity index (χ0v) is 10.1. The van der Waals surface area contributed by atoms with Crippen molar-refractivity contribution >= 4 is 5.82 Å². The number of anilines is 1. The van der Waals surface area contributed by atoms with Crippen molar-refractivity contribution in [3.05, 3.63) is 23.4 Å². The summed E-state index contributed by atoms with van der Waals surface area (Å²) in [6.07, 6.45) is 2.12. The highest BCUT2D eigenvalue weighted by Crippen LogP contribution is 2.21. The molecule has 3 N–H and O–H groups in total. The highest BCUT2D eigenvalue weighted by molar-refractivity contribution is 5.56. The molecular formula is C12H17N3O2. The third-order valence-electron chi connectivity index (χ3n) is 2.94. The van der Waals surface area contributed by atoms with E-state index in [4.69, 9.17) is 5.26 Å². The van der Waals surface area contributed by atoms with Crippen molar-refractivity contribution in [1.82, 2.24) is 4.98 Å². The van der Waals surface area contributed by atoms with Crippen LogP contribution < -0.4 is 5.32 Å². The SMILES string of the molecule is CCC(CO)(CO)Nc1nccc(C)c1C#N. The molecule has 0 fully saturated rings. The summed E-state index contributed by atoms with van der Waals surface area (Å²) in [7, 11) is 0. The van der Waals surface area contributed by atoms with E-state index in [0.717, 1.165) is 5.56 Å². The molecule has 0 aliphatic carbocycles. The highest BCUT2D eigenvalue weighted by atomic mass is 16.3. The Kier molecular flexibility index (Phi) is 4.44. The van der Waals surface area contributed by atoms with E-state index in [1.807, 2.05) is 13.8 Å². The Morgan fingerprint density at radius 2 is 2.12 bits per heavy atom. The Morgan fingerprint density at radius 1 is 1.47 bits per heavy atom. The summed E-state index contributed by atoms with van der Waals surface area (Å²) in [5.74, 6) is 0.400. The number of nitriles is 1. The number of pyridine rings is 1. The molecule has 1 aromatic rings. The van der Waals surface area contributed by atoms with Gasteiger partial charge in [-0.05, 0) is 25.0 Å². The van der Waals surface area contributed by atoms with Gasteiger partial charge in [-0.25, -0.2) is 4.98 Å². The van der Waals surface area contributed by atoms with Crippen LogP contribution in [-0.4, -0.2) is 33.9 Å². The van der Waals surface area contributed by atoms with Gasteiger partial charge in [-0.3, -0.25) is 0 Å². The van der Waals surface area contributed by atoms with E-state index in [2.05, 4.69) is 16.4 Å². The van der Waals surface area contributed by atoms with Crippen molar-refractivity contribution in [2.75, 3.05) is 18.5 Å². The molecule has 0 aromatic carbocycles. The number of nitrogens with zero attached hydrogens (tertiary/aromatic N) is 2. The quantitative estimate of drug-likeness (QED) is 0.702. The minimum atomic E-state index is -0.841. The van der Waals surface area contributed by atoms with Gasteiger partial charge in [0.25, 0.3) is 0 Å². The standard InChI is InChI=1S/C12H17N3O2/c1-3-12(7-16,8-17)15-11-10(6-13)9(2)4-5-14-11/h4-5,16-17H,3,7-8H2,1-2H3,(H,14,15). The molecule has 0 saturated heterocycles. The molecule has 1 aromatic heterocycles. The summed E-state index contributed by atoms with van der Waals surface area (Å²) in [5.41, 5.74) is 0.407. The number of hydrogen-bond acceptors (Lipinski definition) is 5. The van der Waals surface area contributed by atoms with Crippen LogP contribution in [0.1, 0.15) is 24.5 Å². The maximum atomic E-state index is 9.34. The molecule has 0 spiro atoms. The average molecular weight is 235 g/mol. The zero-order valence-electron chi connectivity index (χ0n) is 10.1. The third kappa shape index (κ3) is 2.73. The third-order valence-corrected chi connectivity index (χ3v) is 2.94. The smallest absolute Gasteiger partial charge is 0.144 e. The minimum Gasteiger partial charge on any atom is -0.394 e. The fourth-order valence-electron chi connectivity index (χ4n) is 1.49. The van der Waals surface area contributed by atoms with Gasteiger partial charge in [-0.15, -0.1) is 0 Å². The predicted molar refractivity (Wildman–Crippen MR) is 64.5 cm³/mol. The molecule has 0 atom stereocenters. The summed E-state index contributed by atoms with van der Waals surface area (Å²) in [5, 5.41) is 30.7. The fraction of sp³-hybridized carbons (Fsp3) is 0.500. The highest BCUT2D eigenvalue weighted by Gasteiger charge is 2.27. The molecule has 0 saturated carbocycles. The van der Waals surface area contributed by atoms with Crippen LogP contribution in [0.4, 0.5) is 5.82 Å². The van der Waals surface area contributed by atoms with Gasteiger partial charge in [0.05, 0.1) is 24.3 Å². The van der Waals surface area contributed by atoms with Gasteiger partial charge in [0.15, 0.2) is 0 Å². The zero-order chi connectivity index (χ0) is 12.9. The Labute approximate surface area is 101 Å². The van der Waals surface area contributed by atoms with Gasteiger partial charge >= 0.3 is 0 Å². The number of rotatable bonds is 5. The monoisotopic (exact) mass is 235 g/mol. The van der Waals surface area contributed by atoms with Crippen LogP contribution in [0.15, 0.2) is 12.3 Å². The Hall–Kier alpha value is -1.64. The predicted octanol–water partition coefficient (Wildman–Crippen LogP) is 0.807. The van der Waals surface area contributed by atoms with Crippen LogP contribution in [0.3, 0.4) is 0 Å². The van der Waals surface area contributed by atoms with E-state index in [-0.39, 0.29) is 13.2 Å². The van der Waals surface area contributed by atoms with Gasteiger partial charge in [0.2, 0.25) is 0 Å². The normalized spacial score (nSPS) is 11.0.